The Morgan fingerprint density at radius 2 is 2.11 bits per heavy atom. The molecule has 0 aliphatic carbocycles. The van der Waals surface area contributed by atoms with Crippen LogP contribution >= 0.6 is 0 Å². The first-order valence-electron chi connectivity index (χ1n) is 5.57. The number of phenols is 1. The van der Waals surface area contributed by atoms with E-state index in [-0.39, 0.29) is 17.9 Å². The van der Waals surface area contributed by atoms with Crippen molar-refractivity contribution in [1.29, 1.82) is 0 Å². The first-order chi connectivity index (χ1) is 9.04. The number of hydrogen-bond donors (Lipinski definition) is 3. The van der Waals surface area contributed by atoms with E-state index in [9.17, 15) is 19.1 Å². The number of carbonyl (C=O) groups is 2. The van der Waals surface area contributed by atoms with Gasteiger partial charge >= 0.3 is 0 Å². The van der Waals surface area contributed by atoms with Crippen LogP contribution in [0, 0.1) is 5.82 Å². The maximum Gasteiger partial charge on any atom is 0.255 e. The molecule has 1 rings (SSSR count). The van der Waals surface area contributed by atoms with E-state index in [0.717, 1.165) is 18.2 Å². The van der Waals surface area contributed by atoms with Crippen LogP contribution in [0.1, 0.15) is 10.4 Å². The Bertz CT molecular complexity index is 465. The number of rotatable bonds is 6. The van der Waals surface area contributed by atoms with Crippen LogP contribution in [0.4, 0.5) is 4.39 Å². The van der Waals surface area contributed by atoms with Gasteiger partial charge in [0, 0.05) is 13.7 Å². The highest BCUT2D eigenvalue weighted by Gasteiger charge is 2.13. The Labute approximate surface area is 109 Å². The third-order valence-electron chi connectivity index (χ3n) is 2.24. The average molecular weight is 270 g/mol. The number of nitrogens with one attached hydrogen (secondary N) is 2. The smallest absolute Gasteiger partial charge is 0.255 e. The van der Waals surface area contributed by atoms with Crippen LogP contribution in [0.5, 0.6) is 5.75 Å². The first-order valence-corrected chi connectivity index (χ1v) is 5.57. The summed E-state index contributed by atoms with van der Waals surface area (Å²) in [5.74, 6) is -2.12. The SMILES string of the molecule is COCCNC(=O)CNC(=O)c1cc(F)ccc1O. The fraction of sp³-hybridized carbons (Fsp3) is 0.333. The van der Waals surface area contributed by atoms with Gasteiger partial charge in [0.15, 0.2) is 0 Å². The molecule has 104 valence electrons. The number of aromatic hydroxyl groups is 1. The molecule has 0 aromatic heterocycles. The Morgan fingerprint density at radius 1 is 1.37 bits per heavy atom. The number of phenolic OH excluding ortho intramolecular Hbond substituents is 1. The van der Waals surface area contributed by atoms with Crippen molar-refractivity contribution in [3.05, 3.63) is 29.6 Å². The molecule has 0 radical (unpaired) electrons. The van der Waals surface area contributed by atoms with Crippen LogP contribution in [0.3, 0.4) is 0 Å². The quantitative estimate of drug-likeness (QED) is 0.636. The Kier molecular flexibility index (Phi) is 5.74. The molecule has 0 unspecified atom stereocenters. The number of benzene rings is 1. The fourth-order valence-corrected chi connectivity index (χ4v) is 1.30. The molecule has 2 amide bonds. The first kappa shape index (κ1) is 14.9. The summed E-state index contributed by atoms with van der Waals surface area (Å²) >= 11 is 0. The summed E-state index contributed by atoms with van der Waals surface area (Å²) in [6.07, 6.45) is 0. The van der Waals surface area contributed by atoms with E-state index in [1.165, 1.54) is 7.11 Å². The minimum Gasteiger partial charge on any atom is -0.507 e. The minimum absolute atomic E-state index is 0.218. The highest BCUT2D eigenvalue weighted by Crippen LogP contribution is 2.17. The Morgan fingerprint density at radius 3 is 2.79 bits per heavy atom. The molecule has 0 fully saturated rings. The van der Waals surface area contributed by atoms with E-state index in [1.54, 1.807) is 0 Å². The molecule has 0 atom stereocenters. The molecule has 0 aliphatic heterocycles. The molecule has 3 N–H and O–H groups in total. The van der Waals surface area contributed by atoms with Crippen molar-refractivity contribution < 1.29 is 23.8 Å². The third kappa shape index (κ3) is 4.92. The lowest BCUT2D eigenvalue weighted by atomic mass is 10.2. The zero-order valence-electron chi connectivity index (χ0n) is 10.4. The third-order valence-corrected chi connectivity index (χ3v) is 2.24. The topological polar surface area (TPSA) is 87.7 Å². The van der Waals surface area contributed by atoms with E-state index >= 15 is 0 Å². The van der Waals surface area contributed by atoms with Gasteiger partial charge in [0.25, 0.3) is 5.91 Å². The summed E-state index contributed by atoms with van der Waals surface area (Å²) in [4.78, 5) is 22.9. The van der Waals surface area contributed by atoms with Gasteiger partial charge in [-0.1, -0.05) is 0 Å². The predicted octanol–water partition coefficient (Wildman–Crippen LogP) is 0.0237. The van der Waals surface area contributed by atoms with Gasteiger partial charge < -0.3 is 20.5 Å². The van der Waals surface area contributed by atoms with Gasteiger partial charge in [-0.2, -0.15) is 0 Å². The largest absolute Gasteiger partial charge is 0.507 e. The van der Waals surface area contributed by atoms with Crippen LogP contribution in [-0.4, -0.2) is 43.7 Å². The van der Waals surface area contributed by atoms with Crippen molar-refractivity contribution in [3.63, 3.8) is 0 Å². The van der Waals surface area contributed by atoms with Gasteiger partial charge in [-0.15, -0.1) is 0 Å². The van der Waals surface area contributed by atoms with Crippen molar-refractivity contribution in [2.75, 3.05) is 26.8 Å². The molecule has 6 nitrogen and oxygen atoms in total. The maximum absolute atomic E-state index is 12.9. The standard InChI is InChI=1S/C12H15FN2O4/c1-19-5-4-14-11(17)7-15-12(18)9-6-8(13)2-3-10(9)16/h2-3,6,16H,4-5,7H2,1H3,(H,14,17)(H,15,18). The second kappa shape index (κ2) is 7.32. The molecular formula is C12H15FN2O4. The van der Waals surface area contributed by atoms with E-state index < -0.39 is 17.6 Å². The average Bonchev–Trinajstić information content (AvgIpc) is 2.39. The van der Waals surface area contributed by atoms with Crippen LogP contribution in [0.25, 0.3) is 0 Å². The molecule has 1 aromatic carbocycles. The summed E-state index contributed by atoms with van der Waals surface area (Å²) in [5, 5.41) is 14.2. The van der Waals surface area contributed by atoms with Gasteiger partial charge in [0.05, 0.1) is 18.7 Å². The number of ether oxygens (including phenoxy) is 1. The number of methoxy groups -OCH3 is 1. The summed E-state index contributed by atoms with van der Waals surface area (Å²) in [7, 11) is 1.50. The maximum atomic E-state index is 12.9. The molecule has 7 heteroatoms. The molecule has 1 aromatic rings. The summed E-state index contributed by atoms with van der Waals surface area (Å²) in [6.45, 7) is 0.430. The van der Waals surface area contributed by atoms with E-state index in [4.69, 9.17) is 4.74 Å². The highest BCUT2D eigenvalue weighted by molar-refractivity contribution is 5.98. The minimum atomic E-state index is -0.723. The molecule has 0 bridgehead atoms. The van der Waals surface area contributed by atoms with E-state index in [1.807, 2.05) is 0 Å². The van der Waals surface area contributed by atoms with Crippen LogP contribution in [0.15, 0.2) is 18.2 Å². The second-order valence-corrected chi connectivity index (χ2v) is 3.69. The lowest BCUT2D eigenvalue weighted by molar-refractivity contribution is -0.120. The number of amides is 2. The summed E-state index contributed by atoms with van der Waals surface area (Å²) in [6, 6.07) is 3.00. The molecule has 0 saturated heterocycles. The van der Waals surface area contributed by atoms with E-state index in [2.05, 4.69) is 10.6 Å². The van der Waals surface area contributed by atoms with Gasteiger partial charge in [-0.3, -0.25) is 9.59 Å². The molecular weight excluding hydrogens is 255 g/mol. The molecule has 0 spiro atoms. The normalized spacial score (nSPS) is 10.0. The molecule has 0 saturated carbocycles. The zero-order valence-corrected chi connectivity index (χ0v) is 10.4. The molecule has 0 aliphatic rings. The Hall–Kier alpha value is -2.15. The van der Waals surface area contributed by atoms with Gasteiger partial charge in [-0.05, 0) is 18.2 Å². The van der Waals surface area contributed by atoms with Crippen LogP contribution in [-0.2, 0) is 9.53 Å². The molecule has 0 heterocycles. The monoisotopic (exact) mass is 270 g/mol. The van der Waals surface area contributed by atoms with Gasteiger partial charge in [-0.25, -0.2) is 4.39 Å². The summed E-state index contributed by atoms with van der Waals surface area (Å²) < 4.78 is 17.7. The van der Waals surface area contributed by atoms with Crippen molar-refractivity contribution in [2.45, 2.75) is 0 Å². The second-order valence-electron chi connectivity index (χ2n) is 3.69. The Balaban J connectivity index is 2.47. The fourth-order valence-electron chi connectivity index (χ4n) is 1.30. The zero-order chi connectivity index (χ0) is 14.3. The van der Waals surface area contributed by atoms with Crippen LogP contribution < -0.4 is 10.6 Å². The van der Waals surface area contributed by atoms with Gasteiger partial charge in [0.1, 0.15) is 11.6 Å². The number of hydrogen-bond acceptors (Lipinski definition) is 4. The lowest BCUT2D eigenvalue weighted by Crippen LogP contribution is -2.38. The highest BCUT2D eigenvalue weighted by atomic mass is 19.1. The van der Waals surface area contributed by atoms with Crippen molar-refractivity contribution in [1.82, 2.24) is 10.6 Å². The number of halogens is 1. The predicted molar refractivity (Wildman–Crippen MR) is 65.3 cm³/mol. The van der Waals surface area contributed by atoms with Gasteiger partial charge in [0.2, 0.25) is 5.91 Å². The molecule has 19 heavy (non-hydrogen) atoms. The number of carbonyl (C=O) groups excluding carboxylic acids is 2. The van der Waals surface area contributed by atoms with Crippen LogP contribution in [0.2, 0.25) is 0 Å². The van der Waals surface area contributed by atoms with Crippen molar-refractivity contribution in [3.8, 4) is 5.75 Å². The van der Waals surface area contributed by atoms with E-state index in [0.29, 0.717) is 13.2 Å². The lowest BCUT2D eigenvalue weighted by Gasteiger charge is -2.07. The van der Waals surface area contributed by atoms with Crippen molar-refractivity contribution >= 4 is 11.8 Å². The van der Waals surface area contributed by atoms with Crippen molar-refractivity contribution in [2.24, 2.45) is 0 Å². The summed E-state index contributed by atoms with van der Waals surface area (Å²) in [5.41, 5.74) is -0.218.